The van der Waals surface area contributed by atoms with Crippen molar-refractivity contribution < 1.29 is 29.0 Å². The molecule has 0 spiro atoms. The molecule has 8 heteroatoms. The largest absolute Gasteiger partial charge is 0.466 e. The molecule has 2 N–H and O–H groups in total. The van der Waals surface area contributed by atoms with E-state index in [9.17, 15) is 19.5 Å². The van der Waals surface area contributed by atoms with Gasteiger partial charge < -0.3 is 19.9 Å². The number of hydrogen-bond acceptors (Lipinski definition) is 7. The minimum Gasteiger partial charge on any atom is -0.466 e. The van der Waals surface area contributed by atoms with Crippen LogP contribution in [0.25, 0.3) is 0 Å². The van der Waals surface area contributed by atoms with Gasteiger partial charge >= 0.3 is 0 Å². The Morgan fingerprint density at radius 1 is 1.46 bits per heavy atom. The van der Waals surface area contributed by atoms with Gasteiger partial charge in [-0.1, -0.05) is 5.92 Å². The summed E-state index contributed by atoms with van der Waals surface area (Å²) in [6, 6.07) is 0. The summed E-state index contributed by atoms with van der Waals surface area (Å²) in [6.45, 7) is 1.34. The molecule has 1 aliphatic rings. The Morgan fingerprint density at radius 2 is 2.12 bits per heavy atom. The number of methoxy groups -OCH3 is 1. The number of amides is 1. The van der Waals surface area contributed by atoms with Crippen LogP contribution in [0.2, 0.25) is 0 Å². The maximum Gasteiger partial charge on any atom is 0.272 e. The zero-order chi connectivity index (χ0) is 18.3. The number of carbonyl (C=O) groups excluding carboxylic acids is 3. The number of hydrogen-bond donors (Lipinski definition) is 2. The van der Waals surface area contributed by atoms with Gasteiger partial charge in [-0.3, -0.25) is 14.4 Å². The summed E-state index contributed by atoms with van der Waals surface area (Å²) < 4.78 is 10.3. The van der Waals surface area contributed by atoms with Gasteiger partial charge in [-0.15, -0.1) is 18.2 Å². The summed E-state index contributed by atoms with van der Waals surface area (Å²) in [5.41, 5.74) is -2.15. The average molecular weight is 353 g/mol. The van der Waals surface area contributed by atoms with Gasteiger partial charge in [0.05, 0.1) is 24.3 Å². The lowest BCUT2D eigenvalue weighted by Crippen LogP contribution is -2.54. The molecule has 1 amide bonds. The fraction of sp³-hybridized carbons (Fsp3) is 0.438. The van der Waals surface area contributed by atoms with Crippen LogP contribution < -0.4 is 5.32 Å². The Balaban J connectivity index is 2.85. The summed E-state index contributed by atoms with van der Waals surface area (Å²) in [4.78, 5) is 35.9. The number of ether oxygens (including phenoxy) is 2. The first-order valence-electron chi connectivity index (χ1n) is 6.90. The highest BCUT2D eigenvalue weighted by Gasteiger charge is 2.32. The molecule has 1 rings (SSSR count). The summed E-state index contributed by atoms with van der Waals surface area (Å²) in [5.74, 6) is 0.166. The first-order valence-corrected chi connectivity index (χ1v) is 8.19. The van der Waals surface area contributed by atoms with Gasteiger partial charge in [0.25, 0.3) is 5.91 Å². The Hall–Kier alpha value is -2.08. The van der Waals surface area contributed by atoms with Gasteiger partial charge in [-0.25, -0.2) is 0 Å². The van der Waals surface area contributed by atoms with Gasteiger partial charge in [-0.05, 0) is 13.2 Å². The van der Waals surface area contributed by atoms with Crippen LogP contribution in [0.4, 0.5) is 0 Å². The molecule has 2 atom stereocenters. The van der Waals surface area contributed by atoms with Crippen molar-refractivity contribution >= 4 is 29.2 Å². The quantitative estimate of drug-likeness (QED) is 0.354. The second-order valence-corrected chi connectivity index (χ2v) is 6.17. The molecule has 0 aromatic heterocycles. The monoisotopic (exact) mass is 353 g/mol. The average Bonchev–Trinajstić information content (AvgIpc) is 2.55. The lowest BCUT2D eigenvalue weighted by Gasteiger charge is -2.29. The molecule has 7 nitrogen and oxygen atoms in total. The van der Waals surface area contributed by atoms with Crippen LogP contribution in [-0.2, 0) is 23.9 Å². The Labute approximate surface area is 144 Å². The smallest absolute Gasteiger partial charge is 0.272 e. The molecule has 0 aromatic carbocycles. The second-order valence-electron chi connectivity index (χ2n) is 5.27. The third kappa shape index (κ3) is 4.96. The molecule has 0 saturated heterocycles. The number of carbonyl (C=O) groups is 3. The normalized spacial score (nSPS) is 18.0. The molecule has 2 unspecified atom stereocenters. The first kappa shape index (κ1) is 20.0. The number of rotatable bonds is 8. The van der Waals surface area contributed by atoms with Crippen molar-refractivity contribution in [1.82, 2.24) is 5.32 Å². The van der Waals surface area contributed by atoms with E-state index >= 15 is 0 Å². The van der Waals surface area contributed by atoms with E-state index in [1.807, 2.05) is 0 Å². The van der Waals surface area contributed by atoms with Gasteiger partial charge in [0.2, 0.25) is 11.2 Å². The van der Waals surface area contributed by atoms with Gasteiger partial charge in [0, 0.05) is 19.3 Å². The van der Waals surface area contributed by atoms with E-state index in [0.717, 1.165) is 23.9 Å². The minimum absolute atomic E-state index is 0.0644. The molecule has 0 aliphatic heterocycles. The van der Waals surface area contributed by atoms with Crippen molar-refractivity contribution in [3.05, 3.63) is 23.5 Å². The Bertz CT molecular complexity index is 633. The maximum absolute atomic E-state index is 12.3. The number of ketones is 2. The third-order valence-corrected chi connectivity index (χ3v) is 3.84. The summed E-state index contributed by atoms with van der Waals surface area (Å²) in [5, 5.41) is 12.0. The standard InChI is InChI=1S/C16H19NO6S/c1-5-10-6-12(20)13(7-11(10)19)23-15(24-4)14(21)17-16(2,8-18)9-22-3/h1,6-7,15,18H,8-9H2,2-4H3,(H,17,21). The van der Waals surface area contributed by atoms with E-state index in [-0.39, 0.29) is 24.5 Å². The Kier molecular flexibility index (Phi) is 7.22. The molecule has 0 aromatic rings. The first-order chi connectivity index (χ1) is 11.3. The predicted molar refractivity (Wildman–Crippen MR) is 88.9 cm³/mol. The highest BCUT2D eigenvalue weighted by atomic mass is 32.2. The predicted octanol–water partition coefficient (Wildman–Crippen LogP) is -0.199. The number of allylic oxidation sites excluding steroid dienone is 3. The highest BCUT2D eigenvalue weighted by molar-refractivity contribution is 7.99. The number of thioether (sulfide) groups is 1. The summed E-state index contributed by atoms with van der Waals surface area (Å²) >= 11 is 1.03. The molecule has 0 radical (unpaired) electrons. The second kappa shape index (κ2) is 8.68. The van der Waals surface area contributed by atoms with Gasteiger partial charge in [0.1, 0.15) is 0 Å². The van der Waals surface area contributed by atoms with Crippen molar-refractivity contribution in [2.75, 3.05) is 26.6 Å². The number of aliphatic hydroxyl groups excluding tert-OH is 1. The van der Waals surface area contributed by atoms with Crippen molar-refractivity contribution in [3.8, 4) is 12.3 Å². The molecule has 24 heavy (non-hydrogen) atoms. The fourth-order valence-corrected chi connectivity index (χ4v) is 2.34. The highest BCUT2D eigenvalue weighted by Crippen LogP contribution is 2.19. The van der Waals surface area contributed by atoms with Crippen LogP contribution in [0.1, 0.15) is 6.92 Å². The van der Waals surface area contributed by atoms with Crippen LogP contribution in [0.15, 0.2) is 23.5 Å². The molecule has 0 heterocycles. The van der Waals surface area contributed by atoms with Crippen LogP contribution in [-0.4, -0.2) is 60.1 Å². The number of terminal acetylenes is 1. The lowest BCUT2D eigenvalue weighted by molar-refractivity contribution is -0.130. The van der Waals surface area contributed by atoms with Crippen LogP contribution in [0, 0.1) is 12.3 Å². The zero-order valence-electron chi connectivity index (χ0n) is 13.6. The van der Waals surface area contributed by atoms with Crippen molar-refractivity contribution in [2.45, 2.75) is 17.9 Å². The minimum atomic E-state index is -1.09. The van der Waals surface area contributed by atoms with Crippen LogP contribution >= 0.6 is 11.8 Å². The zero-order valence-corrected chi connectivity index (χ0v) is 14.4. The van der Waals surface area contributed by atoms with E-state index in [1.54, 1.807) is 13.2 Å². The van der Waals surface area contributed by atoms with Crippen molar-refractivity contribution in [1.29, 1.82) is 0 Å². The SMILES string of the molecule is C#CC1=CC(=O)C(OC(SC)C(=O)NC(C)(CO)COC)=CC1=O. The van der Waals surface area contributed by atoms with E-state index in [4.69, 9.17) is 15.9 Å². The molecule has 1 aliphatic carbocycles. The van der Waals surface area contributed by atoms with Crippen LogP contribution in [0.3, 0.4) is 0 Å². The van der Waals surface area contributed by atoms with E-state index in [2.05, 4.69) is 11.2 Å². The summed E-state index contributed by atoms with van der Waals surface area (Å²) in [7, 11) is 1.44. The van der Waals surface area contributed by atoms with E-state index in [0.29, 0.717) is 0 Å². The Morgan fingerprint density at radius 3 is 2.62 bits per heavy atom. The van der Waals surface area contributed by atoms with E-state index < -0.39 is 28.4 Å². The van der Waals surface area contributed by atoms with Gasteiger partial charge in [0.15, 0.2) is 11.5 Å². The fourth-order valence-electron chi connectivity index (χ4n) is 1.87. The molecular formula is C16H19NO6S. The molecule has 0 fully saturated rings. The molecule has 130 valence electrons. The van der Waals surface area contributed by atoms with Crippen molar-refractivity contribution in [3.63, 3.8) is 0 Å². The summed E-state index contributed by atoms with van der Waals surface area (Å²) in [6.07, 6.45) is 8.69. The lowest BCUT2D eigenvalue weighted by atomic mass is 10.0. The third-order valence-electron chi connectivity index (χ3n) is 3.10. The molecular weight excluding hydrogens is 334 g/mol. The number of aliphatic hydroxyl groups is 1. The van der Waals surface area contributed by atoms with E-state index in [1.165, 1.54) is 7.11 Å². The van der Waals surface area contributed by atoms with Crippen LogP contribution in [0.5, 0.6) is 0 Å². The molecule has 0 bridgehead atoms. The van der Waals surface area contributed by atoms with Gasteiger partial charge in [-0.2, -0.15) is 0 Å². The molecule has 0 saturated carbocycles. The maximum atomic E-state index is 12.3. The number of nitrogens with one attached hydrogen (secondary N) is 1. The topological polar surface area (TPSA) is 102 Å². The van der Waals surface area contributed by atoms with Crippen molar-refractivity contribution in [2.24, 2.45) is 0 Å².